The van der Waals surface area contributed by atoms with Crippen LogP contribution in [0.15, 0.2) is 0 Å². The Bertz CT molecular complexity index is 2670. The summed E-state index contributed by atoms with van der Waals surface area (Å²) in [7, 11) is 0. The lowest BCUT2D eigenvalue weighted by Gasteiger charge is -2.45. The minimum Gasteiger partial charge on any atom is -0.480 e. The highest BCUT2D eigenvalue weighted by molar-refractivity contribution is 6.20. The number of aliphatic hydroxyl groups excluding tert-OH is 3. The van der Waals surface area contributed by atoms with E-state index in [-0.39, 0.29) is 80.1 Å². The first-order valence-corrected chi connectivity index (χ1v) is 31.9. The maximum Gasteiger partial charge on any atom is 0.490 e. The first kappa shape index (κ1) is 88.5. The number of primary amides is 1. The quantitative estimate of drug-likeness (QED) is 0.0127. The number of hydrogen-bond donors (Lipinski definition) is 18. The van der Waals surface area contributed by atoms with Gasteiger partial charge in [-0.1, -0.05) is 108 Å². The minimum absolute atomic E-state index is 0.0374. The van der Waals surface area contributed by atoms with E-state index < -0.39 is 192 Å². The number of carboxylic acid groups (broad SMARTS) is 2. The Balaban J connectivity index is 0.0000121. The molecule has 0 saturated heterocycles. The number of imide groups is 2. The lowest BCUT2D eigenvalue weighted by Crippen LogP contribution is -2.74. The number of aliphatic carboxylic acids is 2. The lowest BCUT2D eigenvalue weighted by atomic mass is 9.75. The van der Waals surface area contributed by atoms with Crippen LogP contribution in [0, 0.1) is 40.9 Å². The summed E-state index contributed by atoms with van der Waals surface area (Å²) < 4.78 is 31.7. The predicted octanol–water partition coefficient (Wildman–Crippen LogP) is -2.86. The summed E-state index contributed by atoms with van der Waals surface area (Å²) in [6.45, 7) is 15.4. The van der Waals surface area contributed by atoms with Crippen molar-refractivity contribution in [3.05, 3.63) is 0 Å². The summed E-state index contributed by atoms with van der Waals surface area (Å²) in [4.78, 5) is 180. The van der Waals surface area contributed by atoms with Gasteiger partial charge in [0.15, 0.2) is 29.4 Å². The molecule has 0 heterocycles. The van der Waals surface area contributed by atoms with Gasteiger partial charge < -0.3 is 91.8 Å². The summed E-state index contributed by atoms with van der Waals surface area (Å²) in [5.74, 6) is -21.3. The van der Waals surface area contributed by atoms with E-state index in [1.165, 1.54) is 6.92 Å². The highest BCUT2D eigenvalue weighted by Crippen LogP contribution is 2.34. The second-order valence-electron chi connectivity index (χ2n) is 26.0. The molecule has 24 N–H and O–H groups in total. The molecule has 36 heteroatoms. The van der Waals surface area contributed by atoms with Gasteiger partial charge in [-0.15, -0.1) is 0 Å². The predicted molar refractivity (Wildman–Crippen MR) is 341 cm³/mol. The second kappa shape index (κ2) is 41.6. The molecule has 7 unspecified atom stereocenters. The molecule has 1 saturated carbocycles. The molecule has 10 amide bonds. The molecular weight excluding hydrogens is 1280 g/mol. The number of rotatable bonds is 39. The van der Waals surface area contributed by atoms with Crippen molar-refractivity contribution in [1.82, 2.24) is 41.7 Å². The van der Waals surface area contributed by atoms with E-state index in [9.17, 15) is 67.2 Å². The van der Waals surface area contributed by atoms with E-state index in [1.54, 1.807) is 48.5 Å². The Morgan fingerprint density at radius 2 is 1.15 bits per heavy atom. The zero-order chi connectivity index (χ0) is 74.6. The van der Waals surface area contributed by atoms with Crippen LogP contribution >= 0.6 is 0 Å². The van der Waals surface area contributed by atoms with Gasteiger partial charge in [-0.2, -0.15) is 13.2 Å². The Morgan fingerprint density at radius 1 is 0.625 bits per heavy atom. The number of nitrogens with two attached hydrogens (primary N) is 6. The van der Waals surface area contributed by atoms with Gasteiger partial charge in [0.25, 0.3) is 11.8 Å². The largest absolute Gasteiger partial charge is 0.490 e. The fourth-order valence-electron chi connectivity index (χ4n) is 10.6. The molecule has 1 aliphatic rings. The van der Waals surface area contributed by atoms with E-state index >= 15 is 24.0 Å². The van der Waals surface area contributed by atoms with Gasteiger partial charge in [0.05, 0.1) is 37.4 Å². The molecular formula is C60H106F3N15O18. The van der Waals surface area contributed by atoms with Crippen molar-refractivity contribution in [2.45, 2.75) is 238 Å². The zero-order valence-electron chi connectivity index (χ0n) is 56.7. The topological polar surface area (TPSA) is 582 Å². The number of halogens is 3. The van der Waals surface area contributed by atoms with E-state index in [4.69, 9.17) is 49.7 Å². The smallest absolute Gasteiger partial charge is 0.480 e. The first-order valence-electron chi connectivity index (χ1n) is 31.9. The molecule has 0 aromatic heterocycles. The van der Waals surface area contributed by atoms with Crippen LogP contribution in [0.1, 0.15) is 160 Å². The molecule has 0 aromatic rings. The number of nitrogens with zero attached hydrogens (tertiary/aromatic N) is 2. The van der Waals surface area contributed by atoms with E-state index in [1.807, 2.05) is 19.2 Å². The molecule has 1 aliphatic carbocycles. The number of guanidine groups is 1. The Kier molecular flexibility index (Phi) is 38.3. The molecule has 550 valence electrons. The Labute approximate surface area is 556 Å². The molecule has 1 fully saturated rings. The molecule has 0 aliphatic heterocycles. The summed E-state index contributed by atoms with van der Waals surface area (Å²) >= 11 is 0. The van der Waals surface area contributed by atoms with Crippen LogP contribution in [0.2, 0.25) is 0 Å². The van der Waals surface area contributed by atoms with Gasteiger partial charge in [0.1, 0.15) is 30.2 Å². The van der Waals surface area contributed by atoms with E-state index in [2.05, 4.69) is 26.6 Å². The first-order chi connectivity index (χ1) is 44.3. The van der Waals surface area contributed by atoms with Gasteiger partial charge in [-0.3, -0.25) is 67.9 Å². The molecule has 1 rings (SSSR count). The van der Waals surface area contributed by atoms with Crippen molar-refractivity contribution in [3.8, 4) is 0 Å². The maximum absolute atomic E-state index is 16.2. The SMILES string of the molecule is CCC(C)[C@H](NC(=O)[C@@H](CCCNC(=N)N)NC(=O)[C@@](CC(C)C)(C(=O)C(N)CC1CCCCC1)N(C(=O)C(N)CC(C)C)C(=O)[C@H](CC(C)C)NC(=O)C(N)CC(C)C)C(=O)NC(C(=O)NCC(=O)N(C(=O)C(N)[C@H](O)C(N)=O)[C@H](CO)C(=O)O)C(C)O.O=C(O)C(F)(F)F. The molecule has 33 nitrogen and oxygen atoms in total. The third kappa shape index (κ3) is 28.3. The number of carbonyl (C=O) groups excluding carboxylic acids is 11. The average Bonchev–Trinajstić information content (AvgIpc) is 0.742. The monoisotopic (exact) mass is 1380 g/mol. The molecule has 0 bridgehead atoms. The molecule has 96 heavy (non-hydrogen) atoms. The van der Waals surface area contributed by atoms with Crippen molar-refractivity contribution in [1.29, 1.82) is 5.41 Å². The van der Waals surface area contributed by atoms with Crippen LogP contribution in [-0.2, 0) is 62.3 Å². The van der Waals surface area contributed by atoms with Crippen LogP contribution in [-0.4, -0.2) is 216 Å². The fraction of sp³-hybridized carbons (Fsp3) is 0.767. The number of carboxylic acids is 2. The van der Waals surface area contributed by atoms with Crippen molar-refractivity contribution < 1.29 is 101 Å². The number of hydrogen-bond acceptors (Lipinski definition) is 21. The van der Waals surface area contributed by atoms with Crippen molar-refractivity contribution >= 4 is 82.8 Å². The summed E-state index contributed by atoms with van der Waals surface area (Å²) in [5, 5.41) is 70.2. The van der Waals surface area contributed by atoms with Crippen LogP contribution < -0.4 is 66.3 Å². The van der Waals surface area contributed by atoms with Gasteiger partial charge in [0, 0.05) is 6.54 Å². The molecule has 0 aromatic carbocycles. The Morgan fingerprint density at radius 3 is 1.59 bits per heavy atom. The highest BCUT2D eigenvalue weighted by atomic mass is 19.4. The summed E-state index contributed by atoms with van der Waals surface area (Å²) in [5.41, 5.74) is 33.3. The second-order valence-corrected chi connectivity index (χ2v) is 26.0. The number of aliphatic hydroxyl groups is 3. The lowest BCUT2D eigenvalue weighted by molar-refractivity contribution is -0.192. The summed E-state index contributed by atoms with van der Waals surface area (Å²) in [6.07, 6.45) is -6.09. The molecule has 0 radical (unpaired) electrons. The third-order valence-corrected chi connectivity index (χ3v) is 15.7. The zero-order valence-corrected chi connectivity index (χ0v) is 56.7. The van der Waals surface area contributed by atoms with Crippen molar-refractivity contribution in [2.24, 2.45) is 69.9 Å². The molecule has 13 atom stereocenters. The summed E-state index contributed by atoms with van der Waals surface area (Å²) in [6, 6.07) is -15.8. The fourth-order valence-corrected chi connectivity index (χ4v) is 10.6. The van der Waals surface area contributed by atoms with Gasteiger partial charge >= 0.3 is 18.1 Å². The maximum atomic E-state index is 16.2. The van der Waals surface area contributed by atoms with Gasteiger partial charge in [-0.25, -0.2) is 9.59 Å². The number of ketones is 1. The van der Waals surface area contributed by atoms with Crippen LogP contribution in [0.5, 0.6) is 0 Å². The Hall–Kier alpha value is -7.51. The van der Waals surface area contributed by atoms with Crippen LogP contribution in [0.25, 0.3) is 0 Å². The number of amides is 10. The number of nitrogens with one attached hydrogen (secondary N) is 7. The van der Waals surface area contributed by atoms with Crippen molar-refractivity contribution in [3.63, 3.8) is 0 Å². The van der Waals surface area contributed by atoms with Crippen LogP contribution in [0.3, 0.4) is 0 Å². The third-order valence-electron chi connectivity index (χ3n) is 15.7. The van der Waals surface area contributed by atoms with Gasteiger partial charge in [0.2, 0.25) is 47.3 Å². The average molecular weight is 1380 g/mol. The van der Waals surface area contributed by atoms with E-state index in [0.29, 0.717) is 17.7 Å². The highest BCUT2D eigenvalue weighted by Gasteiger charge is 2.59. The standard InChI is InChI=1S/C58H105N15O16.C2HF3O2/c1-12-32(10)43(51(83)71-44(33(11)75)50(82)67-26-41(76)72(40(27-74)55(87)88)54(86)42(62)45(77)47(63)79)70-49(81)38(19-16-20-66-57(64)65)69-56(89)58(25-31(8)9,46(78)35(59)24-34-17-14-13-15-18-34)73(52(84)37(61)22-29(4)5)53(85)39(23-30(6)7)68-48(80)36(60)21-28(2)3;3-2(4,5)1(6)7/h28-40,42-45,74-75,77H,12-27,59-62H2,1-11H3,(H2,63,79)(H,67,82)(H,68,80)(H,69,89)(H,70,81)(H,71,83)(H,87,88)(H4,64,65,66);(H,6,7)/t32?,33?,35?,36?,37?,38-,39+,40-,42?,43+,44?,45+,58-;/m1./s1. The number of alkyl halides is 3. The van der Waals surface area contributed by atoms with Crippen molar-refractivity contribution in [2.75, 3.05) is 19.7 Å². The van der Waals surface area contributed by atoms with Gasteiger partial charge in [-0.05, 0) is 87.4 Å². The minimum atomic E-state index is -5.08. The van der Waals surface area contributed by atoms with E-state index in [0.717, 1.165) is 26.2 Å². The normalized spacial score (nSPS) is 17.1. The number of Topliss-reactive ketones (excluding diaryl/α,β-unsaturated/α-hetero) is 1. The van der Waals surface area contributed by atoms with Crippen LogP contribution in [0.4, 0.5) is 13.2 Å². The molecule has 0 spiro atoms. The number of carbonyl (C=O) groups is 13.